The molecule has 0 radical (unpaired) electrons. The Labute approximate surface area is 138 Å². The lowest BCUT2D eigenvalue weighted by Gasteiger charge is -2.04. The van der Waals surface area contributed by atoms with Crippen molar-refractivity contribution in [3.63, 3.8) is 0 Å². The predicted octanol–water partition coefficient (Wildman–Crippen LogP) is 3.44. The molecule has 3 rings (SSSR count). The third-order valence-electron chi connectivity index (χ3n) is 3.94. The zero-order chi connectivity index (χ0) is 17.1. The van der Waals surface area contributed by atoms with Crippen molar-refractivity contribution < 1.29 is 19.8 Å². The second kappa shape index (κ2) is 6.58. The second-order valence-electron chi connectivity index (χ2n) is 5.64. The number of phenols is 1. The Kier molecular flexibility index (Phi) is 4.33. The first-order valence-corrected chi connectivity index (χ1v) is 7.71. The number of carboxylic acids is 1. The first-order valence-electron chi connectivity index (χ1n) is 7.71. The number of aromatic hydroxyl groups is 1. The van der Waals surface area contributed by atoms with Crippen molar-refractivity contribution in [1.29, 1.82) is 0 Å². The van der Waals surface area contributed by atoms with Crippen LogP contribution in [0.5, 0.6) is 5.75 Å². The van der Waals surface area contributed by atoms with Gasteiger partial charge in [0, 0.05) is 23.6 Å². The van der Waals surface area contributed by atoms with Crippen molar-refractivity contribution in [3.05, 3.63) is 65.9 Å². The monoisotopic (exact) mass is 323 g/mol. The Balaban J connectivity index is 1.99. The molecular weight excluding hydrogens is 306 g/mol. The van der Waals surface area contributed by atoms with Gasteiger partial charge in [0.05, 0.1) is 5.52 Å². The van der Waals surface area contributed by atoms with E-state index < -0.39 is 5.97 Å². The molecule has 1 heterocycles. The lowest BCUT2D eigenvalue weighted by molar-refractivity contribution is -0.137. The lowest BCUT2D eigenvalue weighted by atomic mass is 10.1. The summed E-state index contributed by atoms with van der Waals surface area (Å²) in [6.45, 7) is 0. The minimum Gasteiger partial charge on any atom is -0.508 e. The van der Waals surface area contributed by atoms with E-state index in [4.69, 9.17) is 5.11 Å². The highest BCUT2D eigenvalue weighted by atomic mass is 16.4. The van der Waals surface area contributed by atoms with E-state index in [-0.39, 0.29) is 18.1 Å². The fourth-order valence-electron chi connectivity index (χ4n) is 2.83. The van der Waals surface area contributed by atoms with E-state index in [0.717, 1.165) is 16.5 Å². The predicted molar refractivity (Wildman–Crippen MR) is 90.3 cm³/mol. The maximum atomic E-state index is 12.8. The van der Waals surface area contributed by atoms with Crippen molar-refractivity contribution in [2.24, 2.45) is 0 Å². The van der Waals surface area contributed by atoms with Crippen LogP contribution in [0.2, 0.25) is 0 Å². The SMILES string of the molecule is O=C(O)CCCc1cn(C(=O)c2cccc(O)c2)c2ccccc12. The zero-order valence-electron chi connectivity index (χ0n) is 13.0. The number of hydrogen-bond acceptors (Lipinski definition) is 3. The van der Waals surface area contributed by atoms with Gasteiger partial charge < -0.3 is 10.2 Å². The van der Waals surface area contributed by atoms with Crippen molar-refractivity contribution in [2.45, 2.75) is 19.3 Å². The first-order chi connectivity index (χ1) is 11.6. The first kappa shape index (κ1) is 15.8. The fraction of sp³-hybridized carbons (Fsp3) is 0.158. The van der Waals surface area contributed by atoms with E-state index in [1.54, 1.807) is 22.9 Å². The number of fused-ring (bicyclic) bond motifs is 1. The molecule has 24 heavy (non-hydrogen) atoms. The molecule has 1 aromatic heterocycles. The molecule has 0 saturated heterocycles. The molecule has 0 aliphatic heterocycles. The molecule has 2 aromatic carbocycles. The van der Waals surface area contributed by atoms with Gasteiger partial charge in [0.1, 0.15) is 5.75 Å². The van der Waals surface area contributed by atoms with Crippen LogP contribution >= 0.6 is 0 Å². The Bertz CT molecular complexity index is 911. The Morgan fingerprint density at radius 3 is 2.58 bits per heavy atom. The summed E-state index contributed by atoms with van der Waals surface area (Å²) in [4.78, 5) is 23.5. The molecule has 0 fully saturated rings. The number of carbonyl (C=O) groups excluding carboxylic acids is 1. The summed E-state index contributed by atoms with van der Waals surface area (Å²) in [5.41, 5.74) is 2.12. The number of benzene rings is 2. The lowest BCUT2D eigenvalue weighted by Crippen LogP contribution is -2.10. The van der Waals surface area contributed by atoms with Crippen LogP contribution in [0.15, 0.2) is 54.7 Å². The summed E-state index contributed by atoms with van der Waals surface area (Å²) in [5.74, 6) is -1.01. The van der Waals surface area contributed by atoms with Crippen LogP contribution in [0.4, 0.5) is 0 Å². The second-order valence-corrected chi connectivity index (χ2v) is 5.64. The summed E-state index contributed by atoms with van der Waals surface area (Å²) in [7, 11) is 0. The fourth-order valence-corrected chi connectivity index (χ4v) is 2.83. The van der Waals surface area contributed by atoms with Gasteiger partial charge in [-0.05, 0) is 42.7 Å². The summed E-state index contributed by atoms with van der Waals surface area (Å²) >= 11 is 0. The minimum atomic E-state index is -0.824. The molecule has 0 spiro atoms. The summed E-state index contributed by atoms with van der Waals surface area (Å²) in [6, 6.07) is 13.8. The minimum absolute atomic E-state index is 0.0407. The molecule has 3 aromatic rings. The Morgan fingerprint density at radius 2 is 1.83 bits per heavy atom. The van der Waals surface area contributed by atoms with Gasteiger partial charge in [-0.25, -0.2) is 0 Å². The van der Waals surface area contributed by atoms with Crippen molar-refractivity contribution >= 4 is 22.8 Å². The van der Waals surface area contributed by atoms with E-state index in [2.05, 4.69) is 0 Å². The number of phenolic OH excluding ortho intramolecular Hbond substituents is 1. The normalized spacial score (nSPS) is 10.8. The summed E-state index contributed by atoms with van der Waals surface area (Å²) < 4.78 is 1.56. The number of aliphatic carboxylic acids is 1. The molecule has 0 aliphatic carbocycles. The van der Waals surface area contributed by atoms with Gasteiger partial charge in [0.15, 0.2) is 0 Å². The largest absolute Gasteiger partial charge is 0.508 e. The molecule has 5 nitrogen and oxygen atoms in total. The van der Waals surface area contributed by atoms with Crippen LogP contribution in [-0.4, -0.2) is 26.7 Å². The number of hydrogen-bond donors (Lipinski definition) is 2. The maximum absolute atomic E-state index is 12.8. The molecule has 0 atom stereocenters. The van der Waals surface area contributed by atoms with E-state index in [9.17, 15) is 14.7 Å². The smallest absolute Gasteiger partial charge is 0.303 e. The molecule has 0 saturated carbocycles. The highest BCUT2D eigenvalue weighted by Gasteiger charge is 2.15. The van der Waals surface area contributed by atoms with Gasteiger partial charge in [-0.3, -0.25) is 14.2 Å². The van der Waals surface area contributed by atoms with Crippen LogP contribution in [0.25, 0.3) is 10.9 Å². The third kappa shape index (κ3) is 3.15. The summed E-state index contributed by atoms with van der Waals surface area (Å²) in [5, 5.41) is 19.3. The quantitative estimate of drug-likeness (QED) is 0.754. The highest BCUT2D eigenvalue weighted by molar-refractivity contribution is 6.03. The number of aryl methyl sites for hydroxylation is 1. The summed E-state index contributed by atoms with van der Waals surface area (Å²) in [6.07, 6.45) is 2.97. The number of rotatable bonds is 5. The number of carboxylic acid groups (broad SMARTS) is 1. The van der Waals surface area contributed by atoms with E-state index in [1.165, 1.54) is 12.1 Å². The highest BCUT2D eigenvalue weighted by Crippen LogP contribution is 2.24. The van der Waals surface area contributed by atoms with Crippen LogP contribution < -0.4 is 0 Å². The van der Waals surface area contributed by atoms with Gasteiger partial charge in [0.2, 0.25) is 0 Å². The number of carbonyl (C=O) groups is 2. The maximum Gasteiger partial charge on any atom is 0.303 e. The molecule has 122 valence electrons. The molecule has 0 amide bonds. The van der Waals surface area contributed by atoms with Crippen molar-refractivity contribution in [2.75, 3.05) is 0 Å². The van der Waals surface area contributed by atoms with E-state index in [0.29, 0.717) is 18.4 Å². The molecule has 0 unspecified atom stereocenters. The topological polar surface area (TPSA) is 79.5 Å². The molecule has 2 N–H and O–H groups in total. The van der Waals surface area contributed by atoms with Gasteiger partial charge in [-0.2, -0.15) is 0 Å². The molecular formula is C19H17NO4. The average molecular weight is 323 g/mol. The third-order valence-corrected chi connectivity index (χ3v) is 3.94. The zero-order valence-corrected chi connectivity index (χ0v) is 13.0. The number of nitrogens with zero attached hydrogens (tertiary/aromatic N) is 1. The van der Waals surface area contributed by atoms with Gasteiger partial charge >= 0.3 is 5.97 Å². The van der Waals surface area contributed by atoms with Crippen molar-refractivity contribution in [3.8, 4) is 5.75 Å². The van der Waals surface area contributed by atoms with Crippen LogP contribution in [0.1, 0.15) is 28.8 Å². The Morgan fingerprint density at radius 1 is 1.04 bits per heavy atom. The van der Waals surface area contributed by atoms with Crippen LogP contribution in [0, 0.1) is 0 Å². The Hall–Kier alpha value is -3.08. The van der Waals surface area contributed by atoms with Crippen LogP contribution in [-0.2, 0) is 11.2 Å². The van der Waals surface area contributed by atoms with Gasteiger partial charge in [0.25, 0.3) is 5.91 Å². The molecule has 0 bridgehead atoms. The number of para-hydroxylation sites is 1. The van der Waals surface area contributed by atoms with Gasteiger partial charge in [-0.15, -0.1) is 0 Å². The standard InChI is InChI=1S/C19H17NO4/c21-15-7-3-5-13(11-15)19(24)20-12-14(6-4-10-18(22)23)16-8-1-2-9-17(16)20/h1-3,5,7-9,11-12,21H,4,6,10H2,(H,22,23). The van der Waals surface area contributed by atoms with E-state index >= 15 is 0 Å². The van der Waals surface area contributed by atoms with E-state index in [1.807, 2.05) is 24.3 Å². The molecule has 0 aliphatic rings. The molecule has 5 heteroatoms. The van der Waals surface area contributed by atoms with Crippen molar-refractivity contribution in [1.82, 2.24) is 4.57 Å². The van der Waals surface area contributed by atoms with Gasteiger partial charge in [-0.1, -0.05) is 24.3 Å². The van der Waals surface area contributed by atoms with Crippen LogP contribution in [0.3, 0.4) is 0 Å². The average Bonchev–Trinajstić information content (AvgIpc) is 2.93. The number of aromatic nitrogens is 1.